The molecule has 2 heteroatoms. The summed E-state index contributed by atoms with van der Waals surface area (Å²) in [5.41, 5.74) is 6.88. The van der Waals surface area contributed by atoms with Crippen LogP contribution in [-0.4, -0.2) is 9.61 Å². The minimum Gasteiger partial charge on any atom is -0.232 e. The summed E-state index contributed by atoms with van der Waals surface area (Å²) in [6.45, 7) is 2.22. The van der Waals surface area contributed by atoms with Crippen LogP contribution in [0, 0.1) is 6.92 Å². The Labute approximate surface area is 208 Å². The highest BCUT2D eigenvalue weighted by Gasteiger charge is 2.20. The third kappa shape index (κ3) is 2.59. The highest BCUT2D eigenvalue weighted by atomic mass is 15.2. The van der Waals surface area contributed by atoms with Crippen LogP contribution in [0.15, 0.2) is 115 Å². The van der Waals surface area contributed by atoms with Gasteiger partial charge in [-0.1, -0.05) is 109 Å². The van der Waals surface area contributed by atoms with Crippen LogP contribution in [0.25, 0.3) is 71.1 Å². The Morgan fingerprint density at radius 1 is 0.556 bits per heavy atom. The van der Waals surface area contributed by atoms with Gasteiger partial charge < -0.3 is 0 Å². The van der Waals surface area contributed by atoms with E-state index in [1.165, 1.54) is 59.7 Å². The normalized spacial score (nSPS) is 12.0. The van der Waals surface area contributed by atoms with Crippen molar-refractivity contribution in [2.24, 2.45) is 0 Å². The van der Waals surface area contributed by atoms with Crippen molar-refractivity contribution < 1.29 is 0 Å². The summed E-state index contributed by atoms with van der Waals surface area (Å²) in [6.07, 6.45) is 0. The van der Waals surface area contributed by atoms with Gasteiger partial charge >= 0.3 is 0 Å². The zero-order valence-corrected chi connectivity index (χ0v) is 19.9. The molecule has 2 nitrogen and oxygen atoms in total. The molecule has 168 valence electrons. The Kier molecular flexibility index (Phi) is 3.90. The highest BCUT2D eigenvalue weighted by molar-refractivity contribution is 6.25. The van der Waals surface area contributed by atoms with Gasteiger partial charge in [-0.15, -0.1) is 0 Å². The first-order valence-electron chi connectivity index (χ1n) is 12.4. The lowest BCUT2D eigenvalue weighted by molar-refractivity contribution is 0.980. The molecule has 0 aliphatic carbocycles. The van der Waals surface area contributed by atoms with Crippen molar-refractivity contribution in [1.29, 1.82) is 0 Å². The molecular weight excluding hydrogens is 436 g/mol. The molecule has 0 atom stereocenters. The second-order valence-electron chi connectivity index (χ2n) is 9.69. The molecule has 0 bridgehead atoms. The predicted octanol–water partition coefficient (Wildman–Crippen LogP) is 9.03. The van der Waals surface area contributed by atoms with Crippen LogP contribution in [0.4, 0.5) is 0 Å². The molecule has 0 unspecified atom stereocenters. The molecule has 0 spiro atoms. The molecule has 36 heavy (non-hydrogen) atoms. The van der Waals surface area contributed by atoms with Crippen LogP contribution < -0.4 is 0 Å². The van der Waals surface area contributed by atoms with Crippen LogP contribution >= 0.6 is 0 Å². The zero-order chi connectivity index (χ0) is 23.8. The number of aryl methyl sites for hydroxylation is 1. The monoisotopic (exact) mass is 458 g/mol. The van der Waals surface area contributed by atoms with Gasteiger partial charge in [0.05, 0.1) is 16.9 Å². The van der Waals surface area contributed by atoms with E-state index in [-0.39, 0.29) is 0 Å². The molecule has 2 aromatic heterocycles. The first kappa shape index (κ1) is 19.6. The third-order valence-corrected chi connectivity index (χ3v) is 7.71. The average molecular weight is 459 g/mol. The second-order valence-corrected chi connectivity index (χ2v) is 9.69. The summed E-state index contributed by atoms with van der Waals surface area (Å²) < 4.78 is 2.15. The predicted molar refractivity (Wildman–Crippen MR) is 152 cm³/mol. The maximum atomic E-state index is 5.31. The van der Waals surface area contributed by atoms with E-state index in [9.17, 15) is 0 Å². The molecule has 0 saturated heterocycles. The zero-order valence-electron chi connectivity index (χ0n) is 19.9. The van der Waals surface area contributed by atoms with E-state index in [1.54, 1.807) is 0 Å². The Bertz CT molecular complexity index is 2080. The van der Waals surface area contributed by atoms with Gasteiger partial charge in [-0.25, -0.2) is 4.52 Å². The third-order valence-electron chi connectivity index (χ3n) is 7.71. The van der Waals surface area contributed by atoms with E-state index in [2.05, 4.69) is 127 Å². The number of aromatic nitrogens is 2. The lowest BCUT2D eigenvalue weighted by Crippen LogP contribution is -1.95. The Morgan fingerprint density at radius 3 is 2.06 bits per heavy atom. The quantitative estimate of drug-likeness (QED) is 0.236. The average Bonchev–Trinajstić information content (AvgIpc) is 3.28. The Balaban J connectivity index is 1.51. The van der Waals surface area contributed by atoms with Crippen molar-refractivity contribution >= 4 is 48.6 Å². The van der Waals surface area contributed by atoms with E-state index < -0.39 is 0 Å². The summed E-state index contributed by atoms with van der Waals surface area (Å²) in [6, 6.07) is 41.5. The number of benzene rings is 6. The van der Waals surface area contributed by atoms with Crippen LogP contribution in [0.5, 0.6) is 0 Å². The van der Waals surface area contributed by atoms with E-state index in [0.717, 1.165) is 17.0 Å². The van der Waals surface area contributed by atoms with Gasteiger partial charge in [-0.2, -0.15) is 5.10 Å². The molecule has 8 rings (SSSR count). The SMILES string of the molecule is Cc1c(-c2ccc3ccc4cccc5ccc2c3c45)nn2c(-c3ccccc3)cc3ccccc3c12. The van der Waals surface area contributed by atoms with E-state index >= 15 is 0 Å². The van der Waals surface area contributed by atoms with Gasteiger partial charge in [0.2, 0.25) is 0 Å². The maximum Gasteiger partial charge on any atom is 0.0969 e. The number of fused-ring (bicyclic) bond motifs is 3. The largest absolute Gasteiger partial charge is 0.232 e. The second kappa shape index (κ2) is 7.16. The summed E-state index contributed by atoms with van der Waals surface area (Å²) in [5.74, 6) is 0. The van der Waals surface area contributed by atoms with Gasteiger partial charge in [0, 0.05) is 22.1 Å². The molecule has 0 aliphatic heterocycles. The first-order valence-corrected chi connectivity index (χ1v) is 12.4. The Morgan fingerprint density at radius 2 is 1.22 bits per heavy atom. The molecule has 0 N–H and O–H groups in total. The van der Waals surface area contributed by atoms with Crippen molar-refractivity contribution in [3.8, 4) is 22.5 Å². The molecule has 2 heterocycles. The van der Waals surface area contributed by atoms with Crippen LogP contribution in [-0.2, 0) is 0 Å². The van der Waals surface area contributed by atoms with Gasteiger partial charge in [-0.05, 0) is 50.7 Å². The highest BCUT2D eigenvalue weighted by Crippen LogP contribution is 2.41. The molecule has 8 aromatic rings. The molecular formula is C34H22N2. The minimum absolute atomic E-state index is 1.04. The summed E-state index contributed by atoms with van der Waals surface area (Å²) >= 11 is 0. The molecule has 0 radical (unpaired) electrons. The fourth-order valence-electron chi connectivity index (χ4n) is 6.05. The van der Waals surface area contributed by atoms with Crippen LogP contribution in [0.2, 0.25) is 0 Å². The lowest BCUT2D eigenvalue weighted by Gasteiger charge is -2.13. The number of nitrogens with zero attached hydrogens (tertiary/aromatic N) is 2. The van der Waals surface area contributed by atoms with Gasteiger partial charge in [0.15, 0.2) is 0 Å². The van der Waals surface area contributed by atoms with E-state index in [4.69, 9.17) is 5.10 Å². The fourth-order valence-corrected chi connectivity index (χ4v) is 6.05. The van der Waals surface area contributed by atoms with Crippen LogP contribution in [0.3, 0.4) is 0 Å². The molecule has 0 aliphatic rings. The van der Waals surface area contributed by atoms with Gasteiger partial charge in [-0.3, -0.25) is 0 Å². The van der Waals surface area contributed by atoms with Crippen molar-refractivity contribution in [1.82, 2.24) is 9.61 Å². The molecule has 0 saturated carbocycles. The fraction of sp³-hybridized carbons (Fsp3) is 0.0294. The number of rotatable bonds is 2. The lowest BCUT2D eigenvalue weighted by atomic mass is 9.90. The molecule has 6 aromatic carbocycles. The number of hydrogen-bond acceptors (Lipinski definition) is 1. The van der Waals surface area contributed by atoms with E-state index in [0.29, 0.717) is 0 Å². The maximum absolute atomic E-state index is 5.31. The van der Waals surface area contributed by atoms with Crippen LogP contribution in [0.1, 0.15) is 5.56 Å². The standard InChI is InChI=1S/C34H22N2/c1-21-33(29-19-17-25-15-14-23-11-7-12-24-16-18-28(29)32(25)31(23)24)35-36-30(22-8-3-2-4-9-22)20-26-10-5-6-13-27(26)34(21)36/h2-20H,1H3. The molecule has 0 fully saturated rings. The van der Waals surface area contributed by atoms with Gasteiger partial charge in [0.1, 0.15) is 0 Å². The number of pyridine rings is 1. The smallest absolute Gasteiger partial charge is 0.0969 e. The Hall–Kier alpha value is -4.69. The van der Waals surface area contributed by atoms with Crippen molar-refractivity contribution in [3.05, 3.63) is 121 Å². The van der Waals surface area contributed by atoms with Gasteiger partial charge in [0.25, 0.3) is 0 Å². The number of hydrogen-bond donors (Lipinski definition) is 0. The minimum atomic E-state index is 1.04. The first-order chi connectivity index (χ1) is 17.8. The topological polar surface area (TPSA) is 17.3 Å². The van der Waals surface area contributed by atoms with Crippen molar-refractivity contribution in [3.63, 3.8) is 0 Å². The van der Waals surface area contributed by atoms with Crippen molar-refractivity contribution in [2.45, 2.75) is 6.92 Å². The van der Waals surface area contributed by atoms with E-state index in [1.807, 2.05) is 0 Å². The van der Waals surface area contributed by atoms with Crippen molar-refractivity contribution in [2.75, 3.05) is 0 Å². The molecule has 0 amide bonds. The summed E-state index contributed by atoms with van der Waals surface area (Å²) in [5, 5.41) is 15.5. The summed E-state index contributed by atoms with van der Waals surface area (Å²) in [7, 11) is 0. The summed E-state index contributed by atoms with van der Waals surface area (Å²) in [4.78, 5) is 0.